The predicted octanol–water partition coefficient (Wildman–Crippen LogP) is 6.27. The Balaban J connectivity index is 1.75. The number of imidazole rings is 1. The number of rotatable bonds is 4. The summed E-state index contributed by atoms with van der Waals surface area (Å²) in [5, 5.41) is 10.1. The summed E-state index contributed by atoms with van der Waals surface area (Å²) in [6.07, 6.45) is 3.89. The van der Waals surface area contributed by atoms with Crippen LogP contribution in [0.5, 0.6) is 5.75 Å². The van der Waals surface area contributed by atoms with Gasteiger partial charge in [-0.2, -0.15) is 0 Å². The van der Waals surface area contributed by atoms with Gasteiger partial charge in [-0.3, -0.25) is 0 Å². The maximum atomic E-state index is 9.40. The van der Waals surface area contributed by atoms with Gasteiger partial charge in [-0.1, -0.05) is 72.3 Å². The van der Waals surface area contributed by atoms with Crippen LogP contribution in [0.2, 0.25) is 5.02 Å². The van der Waals surface area contributed by atoms with E-state index in [4.69, 9.17) is 16.6 Å². The van der Waals surface area contributed by atoms with E-state index in [-0.39, 0.29) is 5.75 Å². The SMILES string of the molecule is Oc1ccc(/C=C/c2nc(-c3ccccc3)c(-c3ccc(Cl)cc3)[nH]2)cc1. The molecule has 0 fully saturated rings. The molecule has 0 bridgehead atoms. The van der Waals surface area contributed by atoms with Gasteiger partial charge in [0.2, 0.25) is 0 Å². The molecule has 0 radical (unpaired) electrons. The van der Waals surface area contributed by atoms with Crippen LogP contribution in [-0.2, 0) is 0 Å². The predicted molar refractivity (Wildman–Crippen MR) is 112 cm³/mol. The molecule has 0 atom stereocenters. The summed E-state index contributed by atoms with van der Waals surface area (Å²) >= 11 is 6.03. The number of aromatic nitrogens is 2. The Morgan fingerprint density at radius 2 is 1.48 bits per heavy atom. The van der Waals surface area contributed by atoms with Crippen molar-refractivity contribution in [3.63, 3.8) is 0 Å². The van der Waals surface area contributed by atoms with Crippen LogP contribution in [0.15, 0.2) is 78.9 Å². The molecular formula is C23H17ClN2O. The Bertz CT molecular complexity index is 1070. The van der Waals surface area contributed by atoms with Gasteiger partial charge in [-0.25, -0.2) is 4.98 Å². The van der Waals surface area contributed by atoms with Gasteiger partial charge in [0, 0.05) is 16.1 Å². The highest BCUT2D eigenvalue weighted by atomic mass is 35.5. The van der Waals surface area contributed by atoms with E-state index in [0.29, 0.717) is 5.02 Å². The van der Waals surface area contributed by atoms with Gasteiger partial charge >= 0.3 is 0 Å². The van der Waals surface area contributed by atoms with Crippen molar-refractivity contribution in [2.75, 3.05) is 0 Å². The molecule has 0 amide bonds. The molecule has 0 aliphatic heterocycles. The molecule has 1 aromatic heterocycles. The second kappa shape index (κ2) is 7.52. The lowest BCUT2D eigenvalue weighted by atomic mass is 10.1. The fourth-order valence-electron chi connectivity index (χ4n) is 2.86. The minimum atomic E-state index is 0.251. The Morgan fingerprint density at radius 1 is 0.778 bits per heavy atom. The first-order valence-corrected chi connectivity index (χ1v) is 8.95. The number of hydrogen-bond donors (Lipinski definition) is 2. The van der Waals surface area contributed by atoms with Crippen molar-refractivity contribution in [2.45, 2.75) is 0 Å². The van der Waals surface area contributed by atoms with E-state index in [9.17, 15) is 5.11 Å². The van der Waals surface area contributed by atoms with Gasteiger partial charge in [0.15, 0.2) is 0 Å². The average Bonchev–Trinajstić information content (AvgIpc) is 3.13. The third-order valence-corrected chi connectivity index (χ3v) is 4.48. The Morgan fingerprint density at radius 3 is 2.19 bits per heavy atom. The molecule has 0 aliphatic carbocycles. The Hall–Kier alpha value is -3.30. The molecule has 0 unspecified atom stereocenters. The number of halogens is 1. The maximum Gasteiger partial charge on any atom is 0.131 e. The van der Waals surface area contributed by atoms with Crippen LogP contribution in [-0.4, -0.2) is 15.1 Å². The third-order valence-electron chi connectivity index (χ3n) is 4.23. The standard InChI is InChI=1S/C23H17ClN2O/c24-19-11-9-18(10-12-19)23-22(17-4-2-1-3-5-17)25-21(26-23)15-8-16-6-13-20(27)14-7-16/h1-15,27H,(H,25,26)/b15-8+. The molecule has 4 aromatic rings. The van der Waals surface area contributed by atoms with Crippen LogP contribution in [0.25, 0.3) is 34.7 Å². The van der Waals surface area contributed by atoms with E-state index < -0.39 is 0 Å². The van der Waals surface area contributed by atoms with Crippen molar-refractivity contribution in [1.82, 2.24) is 9.97 Å². The fraction of sp³-hybridized carbons (Fsp3) is 0. The van der Waals surface area contributed by atoms with Gasteiger partial charge in [0.25, 0.3) is 0 Å². The second-order valence-electron chi connectivity index (χ2n) is 6.14. The van der Waals surface area contributed by atoms with Crippen LogP contribution in [0.1, 0.15) is 11.4 Å². The molecule has 4 rings (SSSR count). The first kappa shape index (κ1) is 17.1. The van der Waals surface area contributed by atoms with Crippen molar-refractivity contribution in [1.29, 1.82) is 0 Å². The molecule has 132 valence electrons. The number of aromatic amines is 1. The smallest absolute Gasteiger partial charge is 0.131 e. The lowest BCUT2D eigenvalue weighted by Gasteiger charge is -2.03. The van der Waals surface area contributed by atoms with E-state index in [1.54, 1.807) is 12.1 Å². The molecule has 3 nitrogen and oxygen atoms in total. The zero-order valence-electron chi connectivity index (χ0n) is 14.4. The van der Waals surface area contributed by atoms with Crippen molar-refractivity contribution < 1.29 is 5.11 Å². The molecule has 1 heterocycles. The first-order chi connectivity index (χ1) is 13.2. The van der Waals surface area contributed by atoms with E-state index in [1.165, 1.54) is 0 Å². The van der Waals surface area contributed by atoms with Crippen molar-refractivity contribution >= 4 is 23.8 Å². The minimum absolute atomic E-state index is 0.251. The molecule has 0 saturated heterocycles. The number of phenols is 1. The van der Waals surface area contributed by atoms with E-state index in [2.05, 4.69) is 4.98 Å². The zero-order valence-corrected chi connectivity index (χ0v) is 15.2. The van der Waals surface area contributed by atoms with E-state index in [1.807, 2.05) is 78.9 Å². The van der Waals surface area contributed by atoms with Gasteiger partial charge < -0.3 is 10.1 Å². The quantitative estimate of drug-likeness (QED) is 0.443. The number of benzene rings is 3. The lowest BCUT2D eigenvalue weighted by molar-refractivity contribution is 0.475. The Labute approximate surface area is 162 Å². The number of aromatic hydroxyl groups is 1. The van der Waals surface area contributed by atoms with Crippen LogP contribution in [0, 0.1) is 0 Å². The first-order valence-electron chi connectivity index (χ1n) is 8.57. The van der Waals surface area contributed by atoms with Crippen LogP contribution < -0.4 is 0 Å². The number of H-pyrrole nitrogens is 1. The maximum absolute atomic E-state index is 9.40. The molecule has 0 spiro atoms. The number of phenolic OH excluding ortho intramolecular Hbond substituents is 1. The van der Waals surface area contributed by atoms with Crippen LogP contribution in [0.4, 0.5) is 0 Å². The van der Waals surface area contributed by atoms with Crippen molar-refractivity contribution in [2.24, 2.45) is 0 Å². The molecule has 3 aromatic carbocycles. The Kier molecular flexibility index (Phi) is 4.77. The van der Waals surface area contributed by atoms with Crippen LogP contribution >= 0.6 is 11.6 Å². The summed E-state index contributed by atoms with van der Waals surface area (Å²) in [5.41, 5.74) is 4.89. The number of nitrogens with zero attached hydrogens (tertiary/aromatic N) is 1. The van der Waals surface area contributed by atoms with E-state index in [0.717, 1.165) is 33.9 Å². The van der Waals surface area contributed by atoms with E-state index >= 15 is 0 Å². The number of hydrogen-bond acceptors (Lipinski definition) is 2. The molecule has 0 aliphatic rings. The van der Waals surface area contributed by atoms with Gasteiger partial charge in [0.1, 0.15) is 11.6 Å². The average molecular weight is 373 g/mol. The fourth-order valence-corrected chi connectivity index (χ4v) is 2.99. The summed E-state index contributed by atoms with van der Waals surface area (Å²) in [4.78, 5) is 8.19. The summed E-state index contributed by atoms with van der Waals surface area (Å²) in [5.74, 6) is 1.01. The monoisotopic (exact) mass is 372 g/mol. The molecular weight excluding hydrogens is 356 g/mol. The van der Waals surface area contributed by atoms with Gasteiger partial charge in [-0.15, -0.1) is 0 Å². The molecule has 4 heteroatoms. The summed E-state index contributed by atoms with van der Waals surface area (Å²) in [6, 6.07) is 24.8. The highest BCUT2D eigenvalue weighted by Gasteiger charge is 2.13. The zero-order chi connectivity index (χ0) is 18.6. The second-order valence-corrected chi connectivity index (χ2v) is 6.58. The number of nitrogens with one attached hydrogen (secondary N) is 1. The van der Waals surface area contributed by atoms with Crippen molar-refractivity contribution in [3.8, 4) is 28.3 Å². The largest absolute Gasteiger partial charge is 0.508 e. The van der Waals surface area contributed by atoms with Crippen LogP contribution in [0.3, 0.4) is 0 Å². The minimum Gasteiger partial charge on any atom is -0.508 e. The molecule has 0 saturated carbocycles. The summed E-state index contributed by atoms with van der Waals surface area (Å²) in [6.45, 7) is 0. The highest BCUT2D eigenvalue weighted by Crippen LogP contribution is 2.31. The van der Waals surface area contributed by atoms with Crippen molar-refractivity contribution in [3.05, 3.63) is 95.3 Å². The van der Waals surface area contributed by atoms with Gasteiger partial charge in [0.05, 0.1) is 11.4 Å². The molecule has 27 heavy (non-hydrogen) atoms. The molecule has 2 N–H and O–H groups in total. The summed E-state index contributed by atoms with van der Waals surface area (Å²) in [7, 11) is 0. The summed E-state index contributed by atoms with van der Waals surface area (Å²) < 4.78 is 0. The third kappa shape index (κ3) is 3.94. The highest BCUT2D eigenvalue weighted by molar-refractivity contribution is 6.30. The van der Waals surface area contributed by atoms with Gasteiger partial charge in [-0.05, 0) is 35.9 Å². The normalized spacial score (nSPS) is 11.1. The topological polar surface area (TPSA) is 48.9 Å². The lowest BCUT2D eigenvalue weighted by Crippen LogP contribution is -1.83.